The van der Waals surface area contributed by atoms with Crippen molar-refractivity contribution in [1.82, 2.24) is 10.2 Å². The van der Waals surface area contributed by atoms with E-state index < -0.39 is 5.60 Å². The molecule has 0 radical (unpaired) electrons. The lowest BCUT2D eigenvalue weighted by molar-refractivity contribution is 0.0184. The maximum Gasteiger partial charge on any atom is 0.410 e. The molecular weight excluding hydrogens is 307 g/mol. The van der Waals surface area contributed by atoms with Crippen LogP contribution in [0.1, 0.15) is 46.1 Å². The maximum absolute atomic E-state index is 13.0. The third kappa shape index (κ3) is 6.11. The quantitative estimate of drug-likeness (QED) is 0.910. The molecule has 1 N–H and O–H groups in total. The topological polar surface area (TPSA) is 41.6 Å². The molecule has 1 fully saturated rings. The van der Waals surface area contributed by atoms with Crippen LogP contribution in [0.4, 0.5) is 9.18 Å². The van der Waals surface area contributed by atoms with Gasteiger partial charge in [0.15, 0.2) is 0 Å². The number of hydrogen-bond donors (Lipinski definition) is 1. The summed E-state index contributed by atoms with van der Waals surface area (Å²) in [7, 11) is 0. The average molecular weight is 336 g/mol. The number of benzene rings is 1. The van der Waals surface area contributed by atoms with E-state index >= 15 is 0 Å². The van der Waals surface area contributed by atoms with Gasteiger partial charge in [-0.1, -0.05) is 12.1 Å². The number of nitrogens with zero attached hydrogens (tertiary/aromatic N) is 1. The highest BCUT2D eigenvalue weighted by Gasteiger charge is 2.28. The van der Waals surface area contributed by atoms with Crippen molar-refractivity contribution in [3.63, 3.8) is 0 Å². The van der Waals surface area contributed by atoms with Crippen molar-refractivity contribution in [2.45, 2.75) is 64.6 Å². The first-order valence-corrected chi connectivity index (χ1v) is 8.71. The van der Waals surface area contributed by atoms with E-state index in [2.05, 4.69) is 12.2 Å². The predicted octanol–water partition coefficient (Wildman–Crippen LogP) is 3.75. The van der Waals surface area contributed by atoms with Crippen LogP contribution >= 0.6 is 0 Å². The van der Waals surface area contributed by atoms with E-state index in [4.69, 9.17) is 4.74 Å². The Balaban J connectivity index is 1.83. The molecule has 0 aromatic heterocycles. The van der Waals surface area contributed by atoms with Crippen LogP contribution < -0.4 is 5.32 Å². The molecule has 0 aliphatic carbocycles. The predicted molar refractivity (Wildman–Crippen MR) is 93.5 cm³/mol. The highest BCUT2D eigenvalue weighted by molar-refractivity contribution is 5.68. The third-order valence-electron chi connectivity index (χ3n) is 4.05. The van der Waals surface area contributed by atoms with Crippen molar-refractivity contribution >= 4 is 6.09 Å². The molecule has 1 aliphatic rings. The molecule has 0 spiro atoms. The first-order valence-electron chi connectivity index (χ1n) is 8.71. The van der Waals surface area contributed by atoms with Gasteiger partial charge in [-0.3, -0.25) is 0 Å². The fourth-order valence-corrected chi connectivity index (χ4v) is 3.04. The minimum absolute atomic E-state index is 0.209. The van der Waals surface area contributed by atoms with Crippen molar-refractivity contribution in [2.75, 3.05) is 13.1 Å². The van der Waals surface area contributed by atoms with E-state index in [1.54, 1.807) is 4.90 Å². The summed E-state index contributed by atoms with van der Waals surface area (Å²) in [5.41, 5.74) is 0.643. The monoisotopic (exact) mass is 336 g/mol. The first kappa shape index (κ1) is 18.7. The average Bonchev–Trinajstić information content (AvgIpc) is 2.48. The molecule has 5 heteroatoms. The van der Waals surface area contributed by atoms with Crippen LogP contribution in [0.5, 0.6) is 0 Å². The van der Waals surface area contributed by atoms with Gasteiger partial charge < -0.3 is 15.0 Å². The lowest BCUT2D eigenvalue weighted by Crippen LogP contribution is -2.51. The number of ether oxygens (including phenoxy) is 1. The Labute approximate surface area is 144 Å². The lowest BCUT2D eigenvalue weighted by Gasteiger charge is -2.35. The van der Waals surface area contributed by atoms with Crippen LogP contribution in [0, 0.1) is 5.82 Å². The summed E-state index contributed by atoms with van der Waals surface area (Å²) in [6.45, 7) is 9.19. The van der Waals surface area contributed by atoms with Gasteiger partial charge in [0.1, 0.15) is 11.4 Å². The van der Waals surface area contributed by atoms with Gasteiger partial charge >= 0.3 is 6.09 Å². The van der Waals surface area contributed by atoms with Gasteiger partial charge in [0.25, 0.3) is 0 Å². The zero-order chi connectivity index (χ0) is 17.7. The molecule has 1 saturated heterocycles. The van der Waals surface area contributed by atoms with Crippen molar-refractivity contribution in [2.24, 2.45) is 0 Å². The Kier molecular flexibility index (Phi) is 6.21. The Morgan fingerprint density at radius 1 is 1.38 bits per heavy atom. The van der Waals surface area contributed by atoms with Crippen molar-refractivity contribution in [3.05, 3.63) is 35.6 Å². The summed E-state index contributed by atoms with van der Waals surface area (Å²) < 4.78 is 18.4. The number of rotatable bonds is 4. The largest absolute Gasteiger partial charge is 0.444 e. The Hall–Kier alpha value is -1.62. The zero-order valence-corrected chi connectivity index (χ0v) is 15.1. The minimum atomic E-state index is -0.465. The van der Waals surface area contributed by atoms with E-state index in [9.17, 15) is 9.18 Å². The minimum Gasteiger partial charge on any atom is -0.444 e. The van der Waals surface area contributed by atoms with Gasteiger partial charge in [-0.25, -0.2) is 9.18 Å². The molecule has 24 heavy (non-hydrogen) atoms. The highest BCUT2D eigenvalue weighted by atomic mass is 19.1. The Morgan fingerprint density at radius 2 is 2.04 bits per heavy atom. The van der Waals surface area contributed by atoms with Crippen LogP contribution in [0.2, 0.25) is 0 Å². The molecule has 0 bridgehead atoms. The number of nitrogens with one attached hydrogen (secondary N) is 1. The molecular formula is C19H29FN2O2. The van der Waals surface area contributed by atoms with Gasteiger partial charge in [0.05, 0.1) is 0 Å². The number of carbonyl (C=O) groups excluding carboxylic acids is 1. The number of halogens is 1. The molecule has 2 rings (SSSR count). The van der Waals surface area contributed by atoms with E-state index in [1.165, 1.54) is 12.1 Å². The molecule has 1 heterocycles. The summed E-state index contributed by atoms with van der Waals surface area (Å²) in [4.78, 5) is 14.0. The normalized spacial score (nSPS) is 19.9. The summed E-state index contributed by atoms with van der Waals surface area (Å²) >= 11 is 0. The van der Waals surface area contributed by atoms with Gasteiger partial charge in [-0.05, 0) is 64.7 Å². The molecule has 1 amide bonds. The third-order valence-corrected chi connectivity index (χ3v) is 4.05. The molecule has 1 aromatic carbocycles. The number of amides is 1. The number of piperidine rings is 1. The van der Waals surface area contributed by atoms with Crippen molar-refractivity contribution in [1.29, 1.82) is 0 Å². The molecule has 0 saturated carbocycles. The second-order valence-corrected chi connectivity index (χ2v) is 7.66. The van der Waals surface area contributed by atoms with Crippen molar-refractivity contribution in [3.8, 4) is 0 Å². The van der Waals surface area contributed by atoms with Crippen LogP contribution in [0.3, 0.4) is 0 Å². The van der Waals surface area contributed by atoms with Gasteiger partial charge in [0.2, 0.25) is 0 Å². The van der Waals surface area contributed by atoms with Crippen molar-refractivity contribution < 1.29 is 13.9 Å². The number of hydrogen-bond acceptors (Lipinski definition) is 3. The van der Waals surface area contributed by atoms with Crippen LogP contribution in [-0.4, -0.2) is 41.8 Å². The zero-order valence-electron chi connectivity index (χ0n) is 15.1. The molecule has 1 aliphatic heterocycles. The van der Waals surface area contributed by atoms with Gasteiger partial charge in [-0.15, -0.1) is 0 Å². The molecule has 2 atom stereocenters. The maximum atomic E-state index is 13.0. The summed E-state index contributed by atoms with van der Waals surface area (Å²) in [6, 6.07) is 7.16. The summed E-state index contributed by atoms with van der Waals surface area (Å²) in [6.07, 6.45) is 2.62. The second kappa shape index (κ2) is 7.97. The van der Waals surface area contributed by atoms with E-state index in [0.717, 1.165) is 31.4 Å². The standard InChI is InChI=1S/C19H29FN2O2/c1-14(12-15-7-9-16(20)10-8-15)21-17-6-5-11-22(13-17)18(23)24-19(2,3)4/h7-10,14,17,21H,5-6,11-13H2,1-4H3. The molecule has 4 nitrogen and oxygen atoms in total. The Bertz CT molecular complexity index is 539. The SMILES string of the molecule is CC(Cc1ccc(F)cc1)NC1CCCN(C(=O)OC(C)(C)C)C1. The van der Waals surface area contributed by atoms with Crippen LogP contribution in [0.15, 0.2) is 24.3 Å². The van der Waals surface area contributed by atoms with E-state index in [1.807, 2.05) is 32.9 Å². The number of carbonyl (C=O) groups is 1. The fraction of sp³-hybridized carbons (Fsp3) is 0.632. The number of likely N-dealkylation sites (tertiary alicyclic amines) is 1. The highest BCUT2D eigenvalue weighted by Crippen LogP contribution is 2.16. The summed E-state index contributed by atoms with van der Waals surface area (Å²) in [5, 5.41) is 3.59. The van der Waals surface area contributed by atoms with Gasteiger partial charge in [-0.2, -0.15) is 0 Å². The first-order chi connectivity index (χ1) is 11.2. The molecule has 134 valence electrons. The summed E-state index contributed by atoms with van der Waals surface area (Å²) in [5.74, 6) is -0.209. The second-order valence-electron chi connectivity index (χ2n) is 7.66. The molecule has 2 unspecified atom stereocenters. The van der Waals surface area contributed by atoms with E-state index in [-0.39, 0.29) is 24.0 Å². The lowest BCUT2D eigenvalue weighted by atomic mass is 10.0. The fourth-order valence-electron chi connectivity index (χ4n) is 3.04. The van der Waals surface area contributed by atoms with E-state index in [0.29, 0.717) is 6.54 Å². The molecule has 1 aromatic rings. The Morgan fingerprint density at radius 3 is 2.67 bits per heavy atom. The smallest absolute Gasteiger partial charge is 0.410 e. The van der Waals surface area contributed by atoms with Crippen LogP contribution in [-0.2, 0) is 11.2 Å². The van der Waals surface area contributed by atoms with Crippen LogP contribution in [0.25, 0.3) is 0 Å². The van der Waals surface area contributed by atoms with Gasteiger partial charge in [0, 0.05) is 25.2 Å².